The SMILES string of the molecule is Nc1c(F)ccc2c1C(=O)c1ccccc1-2. The number of nitrogens with two attached hydrogens (primary N) is 1. The molecule has 0 saturated carbocycles. The van der Waals surface area contributed by atoms with E-state index in [1.165, 1.54) is 6.07 Å². The van der Waals surface area contributed by atoms with E-state index in [-0.39, 0.29) is 11.5 Å². The summed E-state index contributed by atoms with van der Waals surface area (Å²) in [5.74, 6) is -0.734. The number of ketones is 1. The van der Waals surface area contributed by atoms with Gasteiger partial charge in [-0.3, -0.25) is 4.79 Å². The van der Waals surface area contributed by atoms with Crippen LogP contribution < -0.4 is 5.73 Å². The highest BCUT2D eigenvalue weighted by Crippen LogP contribution is 2.39. The van der Waals surface area contributed by atoms with E-state index in [1.54, 1.807) is 18.2 Å². The first kappa shape index (κ1) is 9.09. The monoisotopic (exact) mass is 213 g/mol. The molecule has 2 nitrogen and oxygen atoms in total. The molecule has 0 saturated heterocycles. The van der Waals surface area contributed by atoms with Crippen molar-refractivity contribution in [1.82, 2.24) is 0 Å². The van der Waals surface area contributed by atoms with Crippen LogP contribution in [0.5, 0.6) is 0 Å². The lowest BCUT2D eigenvalue weighted by atomic mass is 10.0. The third-order valence-electron chi connectivity index (χ3n) is 2.88. The van der Waals surface area contributed by atoms with Gasteiger partial charge in [0.15, 0.2) is 5.78 Å². The van der Waals surface area contributed by atoms with E-state index >= 15 is 0 Å². The van der Waals surface area contributed by atoms with Crippen molar-refractivity contribution in [2.24, 2.45) is 0 Å². The summed E-state index contributed by atoms with van der Waals surface area (Å²) in [5.41, 5.74) is 7.99. The van der Waals surface area contributed by atoms with Crippen LogP contribution in [0.25, 0.3) is 11.1 Å². The molecular formula is C13H8FNO. The first-order valence-electron chi connectivity index (χ1n) is 4.92. The third-order valence-corrected chi connectivity index (χ3v) is 2.88. The minimum absolute atomic E-state index is 0.0568. The van der Waals surface area contributed by atoms with Crippen molar-refractivity contribution in [2.45, 2.75) is 0 Å². The Labute approximate surface area is 91.5 Å². The molecule has 3 rings (SSSR count). The molecule has 2 aromatic carbocycles. The van der Waals surface area contributed by atoms with E-state index < -0.39 is 5.82 Å². The van der Waals surface area contributed by atoms with E-state index in [2.05, 4.69) is 0 Å². The Morgan fingerprint density at radius 3 is 2.38 bits per heavy atom. The van der Waals surface area contributed by atoms with Gasteiger partial charge in [-0.1, -0.05) is 30.3 Å². The number of halogens is 1. The van der Waals surface area contributed by atoms with E-state index in [4.69, 9.17) is 5.73 Å². The number of anilines is 1. The number of nitrogen functional groups attached to an aromatic ring is 1. The van der Waals surface area contributed by atoms with Gasteiger partial charge in [0.05, 0.1) is 11.3 Å². The Morgan fingerprint density at radius 1 is 0.938 bits per heavy atom. The third kappa shape index (κ3) is 0.972. The molecule has 1 aliphatic rings. The topological polar surface area (TPSA) is 43.1 Å². The number of hydrogen-bond donors (Lipinski definition) is 1. The first-order chi connectivity index (χ1) is 7.70. The Morgan fingerprint density at radius 2 is 1.62 bits per heavy atom. The summed E-state index contributed by atoms with van der Waals surface area (Å²) >= 11 is 0. The average molecular weight is 213 g/mol. The lowest BCUT2D eigenvalue weighted by Gasteiger charge is -2.03. The number of hydrogen-bond acceptors (Lipinski definition) is 2. The second-order valence-corrected chi connectivity index (χ2v) is 3.76. The molecule has 2 aromatic rings. The molecular weight excluding hydrogens is 205 g/mol. The Kier molecular flexibility index (Phi) is 1.66. The number of fused-ring (bicyclic) bond motifs is 3. The second kappa shape index (κ2) is 2.92. The summed E-state index contributed by atoms with van der Waals surface area (Å²) in [6, 6.07) is 10.1. The van der Waals surface area contributed by atoms with Gasteiger partial charge in [-0.15, -0.1) is 0 Å². The standard InChI is InChI=1S/C13H8FNO/c14-10-6-5-8-7-3-1-2-4-9(7)13(16)11(8)12(10)15/h1-6H,15H2. The fourth-order valence-electron chi connectivity index (χ4n) is 2.11. The quantitative estimate of drug-likeness (QED) is 0.583. The highest BCUT2D eigenvalue weighted by molar-refractivity contribution is 6.24. The van der Waals surface area contributed by atoms with Crippen LogP contribution in [0.3, 0.4) is 0 Å². The molecule has 0 heterocycles. The van der Waals surface area contributed by atoms with Gasteiger partial charge in [0.25, 0.3) is 0 Å². The predicted octanol–water partition coefficient (Wildman–Crippen LogP) is 2.62. The molecule has 0 spiro atoms. The van der Waals surface area contributed by atoms with Gasteiger partial charge >= 0.3 is 0 Å². The number of rotatable bonds is 0. The molecule has 0 atom stereocenters. The maximum absolute atomic E-state index is 13.3. The van der Waals surface area contributed by atoms with Gasteiger partial charge in [0, 0.05) is 5.56 Å². The van der Waals surface area contributed by atoms with Crippen molar-refractivity contribution < 1.29 is 9.18 Å². The summed E-state index contributed by atoms with van der Waals surface area (Å²) in [6.45, 7) is 0. The maximum atomic E-state index is 13.3. The minimum Gasteiger partial charge on any atom is -0.396 e. The fraction of sp³-hybridized carbons (Fsp3) is 0. The molecule has 0 unspecified atom stereocenters. The fourth-order valence-corrected chi connectivity index (χ4v) is 2.11. The molecule has 16 heavy (non-hydrogen) atoms. The first-order valence-corrected chi connectivity index (χ1v) is 4.92. The second-order valence-electron chi connectivity index (χ2n) is 3.76. The van der Waals surface area contributed by atoms with E-state index in [0.29, 0.717) is 11.1 Å². The van der Waals surface area contributed by atoms with Gasteiger partial charge in [-0.05, 0) is 17.2 Å². The van der Waals surface area contributed by atoms with E-state index in [0.717, 1.165) is 11.1 Å². The van der Waals surface area contributed by atoms with Crippen LogP contribution in [-0.2, 0) is 0 Å². The number of benzene rings is 2. The molecule has 0 radical (unpaired) electrons. The van der Waals surface area contributed by atoms with Crippen molar-refractivity contribution in [2.75, 3.05) is 5.73 Å². The molecule has 3 heteroatoms. The van der Waals surface area contributed by atoms with Crippen molar-refractivity contribution in [3.8, 4) is 11.1 Å². The maximum Gasteiger partial charge on any atom is 0.196 e. The zero-order chi connectivity index (χ0) is 11.3. The highest BCUT2D eigenvalue weighted by Gasteiger charge is 2.29. The van der Waals surface area contributed by atoms with Gasteiger partial charge in [0.2, 0.25) is 0 Å². The Hall–Kier alpha value is -2.16. The van der Waals surface area contributed by atoms with Crippen molar-refractivity contribution >= 4 is 11.5 Å². The largest absolute Gasteiger partial charge is 0.396 e. The Balaban J connectivity index is 2.42. The zero-order valence-electron chi connectivity index (χ0n) is 8.33. The molecule has 0 amide bonds. The molecule has 1 aliphatic carbocycles. The van der Waals surface area contributed by atoms with Gasteiger partial charge < -0.3 is 5.73 Å². The van der Waals surface area contributed by atoms with Crippen LogP contribution in [0.1, 0.15) is 15.9 Å². The van der Waals surface area contributed by atoms with Crippen LogP contribution in [0.2, 0.25) is 0 Å². The van der Waals surface area contributed by atoms with Crippen LogP contribution in [0.15, 0.2) is 36.4 Å². The number of carbonyl (C=O) groups is 1. The highest BCUT2D eigenvalue weighted by atomic mass is 19.1. The van der Waals surface area contributed by atoms with Gasteiger partial charge in [-0.2, -0.15) is 0 Å². The molecule has 0 bridgehead atoms. The van der Waals surface area contributed by atoms with Crippen LogP contribution in [0.4, 0.5) is 10.1 Å². The normalized spacial score (nSPS) is 12.4. The van der Waals surface area contributed by atoms with Crippen LogP contribution in [-0.4, -0.2) is 5.78 Å². The smallest absolute Gasteiger partial charge is 0.196 e. The van der Waals surface area contributed by atoms with Crippen LogP contribution >= 0.6 is 0 Å². The van der Waals surface area contributed by atoms with Crippen LogP contribution in [0, 0.1) is 5.82 Å². The lowest BCUT2D eigenvalue weighted by Crippen LogP contribution is -2.02. The molecule has 0 aromatic heterocycles. The summed E-state index contributed by atoms with van der Waals surface area (Å²) in [5, 5.41) is 0. The summed E-state index contributed by atoms with van der Waals surface area (Å²) in [6.07, 6.45) is 0. The molecule has 2 N–H and O–H groups in total. The lowest BCUT2D eigenvalue weighted by molar-refractivity contribution is 0.104. The molecule has 78 valence electrons. The van der Waals surface area contributed by atoms with E-state index in [1.807, 2.05) is 12.1 Å². The Bertz CT molecular complexity index is 619. The summed E-state index contributed by atoms with van der Waals surface area (Å²) in [7, 11) is 0. The van der Waals surface area contributed by atoms with Crippen molar-refractivity contribution in [1.29, 1.82) is 0 Å². The van der Waals surface area contributed by atoms with Gasteiger partial charge in [-0.25, -0.2) is 4.39 Å². The zero-order valence-corrected chi connectivity index (χ0v) is 8.33. The number of carbonyl (C=O) groups excluding carboxylic acids is 1. The summed E-state index contributed by atoms with van der Waals surface area (Å²) < 4.78 is 13.3. The predicted molar refractivity (Wildman–Crippen MR) is 59.7 cm³/mol. The van der Waals surface area contributed by atoms with Crippen molar-refractivity contribution in [3.05, 3.63) is 53.3 Å². The molecule has 0 aliphatic heterocycles. The minimum atomic E-state index is -0.542. The summed E-state index contributed by atoms with van der Waals surface area (Å²) in [4.78, 5) is 12.0. The average Bonchev–Trinajstić information content (AvgIpc) is 2.59. The van der Waals surface area contributed by atoms with Gasteiger partial charge in [0.1, 0.15) is 5.82 Å². The van der Waals surface area contributed by atoms with Crippen molar-refractivity contribution in [3.63, 3.8) is 0 Å². The molecule has 0 fully saturated rings. The van der Waals surface area contributed by atoms with E-state index in [9.17, 15) is 9.18 Å².